The van der Waals surface area contributed by atoms with Crippen LogP contribution in [-0.2, 0) is 14.3 Å². The fraction of sp³-hybridized carbons (Fsp3) is 0.733. The van der Waals surface area contributed by atoms with E-state index in [0.29, 0.717) is 11.8 Å². The van der Waals surface area contributed by atoms with E-state index in [1.807, 2.05) is 12.2 Å². The van der Waals surface area contributed by atoms with Crippen LogP contribution in [0.5, 0.6) is 0 Å². The molecule has 0 bridgehead atoms. The van der Waals surface area contributed by atoms with Gasteiger partial charge in [0.25, 0.3) is 0 Å². The second-order valence-corrected chi connectivity index (χ2v) is 7.08. The first kappa shape index (κ1) is 15.0. The van der Waals surface area contributed by atoms with Gasteiger partial charge in [0.1, 0.15) is 0 Å². The highest BCUT2D eigenvalue weighted by atomic mass is 79.9. The van der Waals surface area contributed by atoms with Crippen molar-refractivity contribution < 1.29 is 19.4 Å². The Kier molecular flexibility index (Phi) is 3.64. The predicted molar refractivity (Wildman–Crippen MR) is 79.8 cm³/mol. The Labute approximate surface area is 132 Å². The van der Waals surface area contributed by atoms with Gasteiger partial charge in [-0.2, -0.15) is 0 Å². The maximum absolute atomic E-state index is 12.3. The third kappa shape index (κ3) is 1.84. The summed E-state index contributed by atoms with van der Waals surface area (Å²) in [6, 6.07) is 0. The number of carbonyl (C=O) groups is 2. The van der Waals surface area contributed by atoms with Crippen LogP contribution in [-0.4, -0.2) is 39.6 Å². The summed E-state index contributed by atoms with van der Waals surface area (Å²) in [5.74, 6) is -1.26. The van der Waals surface area contributed by atoms with Gasteiger partial charge < -0.3 is 15.2 Å². The molecule has 5 nitrogen and oxygen atoms in total. The number of ether oxygens (including phenoxy) is 1. The van der Waals surface area contributed by atoms with E-state index >= 15 is 0 Å². The standard InChI is InChI=1S/C15H20BrNO4/c1-14-10(7-8-16)12(19)17-15(14,13(20)21-14)11(18)9-5-3-2-4-6-9/h3,5,9-11,18H,2,4,6-8H2,1H3,(H,17,19)/t9-,10+,11+,14+,15+/m1/s1. The van der Waals surface area contributed by atoms with Crippen molar-refractivity contribution in [2.45, 2.75) is 49.9 Å². The van der Waals surface area contributed by atoms with Crippen molar-refractivity contribution in [3.05, 3.63) is 12.2 Å². The smallest absolute Gasteiger partial charge is 0.339 e. The number of rotatable bonds is 4. The average molecular weight is 358 g/mol. The summed E-state index contributed by atoms with van der Waals surface area (Å²) in [7, 11) is 0. The summed E-state index contributed by atoms with van der Waals surface area (Å²) in [6.45, 7) is 1.76. The van der Waals surface area contributed by atoms with E-state index in [1.165, 1.54) is 0 Å². The summed E-state index contributed by atoms with van der Waals surface area (Å²) in [5, 5.41) is 14.2. The van der Waals surface area contributed by atoms with E-state index in [0.717, 1.165) is 19.3 Å². The highest BCUT2D eigenvalue weighted by Gasteiger charge is 2.79. The number of hydrogen-bond donors (Lipinski definition) is 2. The monoisotopic (exact) mass is 357 g/mol. The number of aliphatic hydroxyl groups is 1. The minimum Gasteiger partial charge on any atom is -0.453 e. The molecule has 116 valence electrons. The molecule has 3 rings (SSSR count). The summed E-state index contributed by atoms with van der Waals surface area (Å²) in [4.78, 5) is 24.5. The molecule has 3 aliphatic rings. The highest BCUT2D eigenvalue weighted by Crippen LogP contribution is 2.53. The van der Waals surface area contributed by atoms with Gasteiger partial charge in [0.15, 0.2) is 5.60 Å². The molecule has 2 fully saturated rings. The quantitative estimate of drug-likeness (QED) is 0.451. The summed E-state index contributed by atoms with van der Waals surface area (Å²) >= 11 is 3.33. The normalized spacial score (nSPS) is 42.8. The maximum atomic E-state index is 12.3. The van der Waals surface area contributed by atoms with Crippen molar-refractivity contribution in [1.29, 1.82) is 0 Å². The number of esters is 1. The summed E-state index contributed by atoms with van der Waals surface area (Å²) < 4.78 is 5.37. The lowest BCUT2D eigenvalue weighted by Crippen LogP contribution is -2.80. The number of nitrogens with one attached hydrogen (secondary N) is 1. The first-order valence-electron chi connectivity index (χ1n) is 7.43. The zero-order valence-electron chi connectivity index (χ0n) is 12.0. The molecule has 0 spiro atoms. The third-order valence-electron chi connectivity index (χ3n) is 5.25. The Hall–Kier alpha value is -0.880. The van der Waals surface area contributed by atoms with Crippen molar-refractivity contribution in [3.8, 4) is 0 Å². The van der Waals surface area contributed by atoms with Gasteiger partial charge in [-0.3, -0.25) is 4.79 Å². The Morgan fingerprint density at radius 2 is 2.33 bits per heavy atom. The van der Waals surface area contributed by atoms with Crippen LogP contribution in [0.3, 0.4) is 0 Å². The van der Waals surface area contributed by atoms with Crippen molar-refractivity contribution in [2.24, 2.45) is 11.8 Å². The zero-order chi connectivity index (χ0) is 15.3. The van der Waals surface area contributed by atoms with Crippen LogP contribution in [0.25, 0.3) is 0 Å². The van der Waals surface area contributed by atoms with Crippen molar-refractivity contribution >= 4 is 27.8 Å². The second-order valence-electron chi connectivity index (χ2n) is 6.29. The SMILES string of the molecule is C[C@@]12OC(=O)[C@]1([C@@H](O)[C@@H]1C=CCCC1)NC(=O)[C@@H]2CCBr. The van der Waals surface area contributed by atoms with Crippen LogP contribution in [0.15, 0.2) is 12.2 Å². The summed E-state index contributed by atoms with van der Waals surface area (Å²) in [5.41, 5.74) is -2.25. The number of halogens is 1. The lowest BCUT2D eigenvalue weighted by atomic mass is 9.64. The first-order chi connectivity index (χ1) is 9.97. The molecule has 6 heteroatoms. The average Bonchev–Trinajstić information content (AvgIpc) is 2.65. The highest BCUT2D eigenvalue weighted by molar-refractivity contribution is 9.09. The molecule has 2 saturated heterocycles. The van der Waals surface area contributed by atoms with Gasteiger partial charge in [0.2, 0.25) is 11.4 Å². The van der Waals surface area contributed by atoms with Crippen molar-refractivity contribution in [3.63, 3.8) is 0 Å². The lowest BCUT2D eigenvalue weighted by molar-refractivity contribution is -0.238. The van der Waals surface area contributed by atoms with Crippen LogP contribution in [0, 0.1) is 11.8 Å². The zero-order valence-corrected chi connectivity index (χ0v) is 13.6. The molecule has 5 atom stereocenters. The Morgan fingerprint density at radius 1 is 1.57 bits per heavy atom. The van der Waals surface area contributed by atoms with Gasteiger partial charge in [-0.05, 0) is 32.6 Å². The van der Waals surface area contributed by atoms with Gasteiger partial charge in [-0.25, -0.2) is 4.79 Å². The molecule has 0 aromatic carbocycles. The molecule has 0 aromatic rings. The van der Waals surface area contributed by atoms with Gasteiger partial charge in [0, 0.05) is 11.2 Å². The molecular weight excluding hydrogens is 338 g/mol. The minimum atomic E-state index is -1.29. The molecule has 2 aliphatic heterocycles. The Morgan fingerprint density at radius 3 is 2.90 bits per heavy atom. The number of carbonyl (C=O) groups excluding carboxylic acids is 2. The molecular formula is C15H20BrNO4. The lowest BCUT2D eigenvalue weighted by Gasteiger charge is -2.54. The van der Waals surface area contributed by atoms with Crippen molar-refractivity contribution in [1.82, 2.24) is 5.32 Å². The van der Waals surface area contributed by atoms with E-state index in [1.54, 1.807) is 6.92 Å². The number of aliphatic hydroxyl groups excluding tert-OH is 1. The van der Waals surface area contributed by atoms with Gasteiger partial charge in [0.05, 0.1) is 12.0 Å². The van der Waals surface area contributed by atoms with E-state index in [-0.39, 0.29) is 11.8 Å². The van der Waals surface area contributed by atoms with Gasteiger partial charge in [-0.15, -0.1) is 0 Å². The van der Waals surface area contributed by atoms with Crippen LogP contribution < -0.4 is 5.32 Å². The van der Waals surface area contributed by atoms with E-state index in [2.05, 4.69) is 21.2 Å². The fourth-order valence-electron chi connectivity index (χ4n) is 3.99. The third-order valence-corrected chi connectivity index (χ3v) is 5.71. The van der Waals surface area contributed by atoms with Gasteiger partial charge in [-0.1, -0.05) is 28.1 Å². The molecule has 0 radical (unpaired) electrons. The molecule has 1 amide bonds. The largest absolute Gasteiger partial charge is 0.453 e. The molecule has 0 saturated carbocycles. The molecule has 2 heterocycles. The Balaban J connectivity index is 1.94. The number of amides is 1. The number of allylic oxidation sites excluding steroid dienone is 1. The van der Waals surface area contributed by atoms with Crippen LogP contribution in [0.4, 0.5) is 0 Å². The Bertz CT molecular complexity index is 508. The van der Waals surface area contributed by atoms with Crippen LogP contribution in [0.1, 0.15) is 32.6 Å². The van der Waals surface area contributed by atoms with E-state index < -0.39 is 29.1 Å². The molecule has 2 N–H and O–H groups in total. The predicted octanol–water partition coefficient (Wildman–Crippen LogP) is 1.29. The van der Waals surface area contributed by atoms with Crippen molar-refractivity contribution in [2.75, 3.05) is 5.33 Å². The number of hydrogen-bond acceptors (Lipinski definition) is 4. The molecule has 0 aromatic heterocycles. The fourth-order valence-corrected chi connectivity index (χ4v) is 4.45. The molecule has 21 heavy (non-hydrogen) atoms. The minimum absolute atomic E-state index is 0.117. The second kappa shape index (κ2) is 5.09. The topological polar surface area (TPSA) is 75.6 Å². The van der Waals surface area contributed by atoms with Gasteiger partial charge >= 0.3 is 5.97 Å². The van der Waals surface area contributed by atoms with Crippen LogP contribution >= 0.6 is 15.9 Å². The maximum Gasteiger partial charge on any atom is 0.339 e. The number of alkyl halides is 1. The number of fused-ring (bicyclic) bond motifs is 1. The van der Waals surface area contributed by atoms with E-state index in [4.69, 9.17) is 4.74 Å². The van der Waals surface area contributed by atoms with Crippen LogP contribution in [0.2, 0.25) is 0 Å². The van der Waals surface area contributed by atoms with E-state index in [9.17, 15) is 14.7 Å². The molecule has 0 unspecified atom stereocenters. The first-order valence-corrected chi connectivity index (χ1v) is 8.55. The summed E-state index contributed by atoms with van der Waals surface area (Å²) in [6.07, 6.45) is 6.42. The molecule has 1 aliphatic carbocycles.